The number of ether oxygens (including phenoxy) is 9. The van der Waals surface area contributed by atoms with E-state index in [1.165, 1.54) is 0 Å². The number of carbonyl (C=O) groups is 7. The van der Waals surface area contributed by atoms with Gasteiger partial charge in [-0.3, -0.25) is 47.1 Å². The molecule has 2 fully saturated rings. The molecule has 22 heteroatoms. The van der Waals surface area contributed by atoms with Gasteiger partial charge in [0.05, 0.1) is 13.2 Å². The number of rotatable bonds is 19. The summed E-state index contributed by atoms with van der Waals surface area (Å²) in [5.41, 5.74) is 1.15. The van der Waals surface area contributed by atoms with Gasteiger partial charge < -0.3 is 47.9 Å². The van der Waals surface area contributed by atoms with Gasteiger partial charge >= 0.3 is 43.6 Å². The van der Waals surface area contributed by atoms with Crippen molar-refractivity contribution in [2.24, 2.45) is 0 Å². The third-order valence-electron chi connectivity index (χ3n) is 8.71. The van der Waals surface area contributed by atoms with Crippen molar-refractivity contribution in [1.29, 1.82) is 0 Å². The zero-order valence-electron chi connectivity index (χ0n) is 35.0. The number of phosphoric ester groups is 1. The summed E-state index contributed by atoms with van der Waals surface area (Å²) in [4.78, 5) is 87.2. The van der Waals surface area contributed by atoms with Crippen LogP contribution < -0.4 is 5.32 Å². The summed E-state index contributed by atoms with van der Waals surface area (Å²) in [5, 5.41) is 2.56. The molecule has 2 heterocycles. The zero-order chi connectivity index (χ0) is 45.6. The van der Waals surface area contributed by atoms with Gasteiger partial charge in [0.2, 0.25) is 5.91 Å². The predicted octanol–water partition coefficient (Wildman–Crippen LogP) is 2.74. The van der Waals surface area contributed by atoms with Crippen molar-refractivity contribution in [3.8, 4) is 0 Å². The minimum absolute atomic E-state index is 0.288. The van der Waals surface area contributed by atoms with Crippen molar-refractivity contribution in [3.63, 3.8) is 0 Å². The lowest BCUT2D eigenvalue weighted by Crippen LogP contribution is -2.69. The fraction of sp³-hybridized carbons (Fsp3) is 0.525. The largest absolute Gasteiger partial charge is 0.477 e. The zero-order valence-corrected chi connectivity index (χ0v) is 35.9. The van der Waals surface area contributed by atoms with Crippen LogP contribution >= 0.6 is 7.82 Å². The van der Waals surface area contributed by atoms with Gasteiger partial charge in [-0.05, 0) is 11.1 Å². The third-order valence-corrected chi connectivity index (χ3v) is 10.1. The Bertz CT molecular complexity index is 1870. The Kier molecular flexibility index (Phi) is 18.5. The maximum atomic E-state index is 14.6. The van der Waals surface area contributed by atoms with E-state index in [1.807, 2.05) is 0 Å². The SMILES string of the molecule is CC(=O)N[C@H]1[C@@H](OP(=O)(OCc2ccccc2)OCc2ccccc2)O[C@H](COC(C)=O)[C@@H](O[C@@H]2O[C@H](COC(C)=O)[C@@H](OC(C)=O)[C@H](OC(C)=O)[C@H]2OC(C)=O)[C@@H]1OC(C)=O. The normalized spacial score (nSPS) is 25.9. The highest BCUT2D eigenvalue weighted by Crippen LogP contribution is 2.53. The Morgan fingerprint density at radius 3 is 1.40 bits per heavy atom. The molecule has 4 rings (SSSR count). The molecule has 0 aromatic heterocycles. The fourth-order valence-electron chi connectivity index (χ4n) is 6.35. The summed E-state index contributed by atoms with van der Waals surface area (Å²) in [6.45, 7) is 5.50. The Balaban J connectivity index is 1.82. The first-order valence-corrected chi connectivity index (χ1v) is 20.6. The molecule has 0 aliphatic carbocycles. The molecule has 2 aliphatic rings. The minimum atomic E-state index is -4.75. The van der Waals surface area contributed by atoms with E-state index in [0.29, 0.717) is 11.1 Å². The average molecular weight is 896 g/mol. The first kappa shape index (κ1) is 49.4. The van der Waals surface area contributed by atoms with Crippen LogP contribution in [0.4, 0.5) is 0 Å². The van der Waals surface area contributed by atoms with Crippen LogP contribution in [0.15, 0.2) is 60.7 Å². The number of hydrogen-bond donors (Lipinski definition) is 1. The van der Waals surface area contributed by atoms with Gasteiger partial charge in [0.25, 0.3) is 0 Å². The summed E-state index contributed by atoms with van der Waals surface area (Å²) >= 11 is 0. The van der Waals surface area contributed by atoms with Crippen molar-refractivity contribution >= 4 is 49.5 Å². The summed E-state index contributed by atoms with van der Waals surface area (Å²) in [6.07, 6.45) is -15.2. The number of benzene rings is 2. The van der Waals surface area contributed by atoms with Crippen LogP contribution in [0.1, 0.15) is 59.6 Å². The Hall–Kier alpha value is -5.28. The second-order valence-corrected chi connectivity index (χ2v) is 15.5. The molecule has 1 amide bonds. The molecule has 0 unspecified atom stereocenters. The van der Waals surface area contributed by atoms with Crippen molar-refractivity contribution in [1.82, 2.24) is 5.32 Å². The Morgan fingerprint density at radius 1 is 0.532 bits per heavy atom. The minimum Gasteiger partial charge on any atom is -0.463 e. The van der Waals surface area contributed by atoms with Crippen LogP contribution in [0.5, 0.6) is 0 Å². The van der Waals surface area contributed by atoms with E-state index < -0.39 is 124 Å². The van der Waals surface area contributed by atoms with Crippen molar-refractivity contribution < 1.29 is 94.3 Å². The molecule has 62 heavy (non-hydrogen) atoms. The smallest absolute Gasteiger partial charge is 0.463 e. The summed E-state index contributed by atoms with van der Waals surface area (Å²) < 4.78 is 83.7. The summed E-state index contributed by atoms with van der Waals surface area (Å²) in [5.74, 6) is -6.05. The fourth-order valence-corrected chi connectivity index (χ4v) is 7.59. The maximum Gasteiger partial charge on any atom is 0.477 e. The van der Waals surface area contributed by atoms with Gasteiger partial charge in [0.15, 0.2) is 37.0 Å². The highest BCUT2D eigenvalue weighted by molar-refractivity contribution is 7.48. The standard InChI is InChI=1S/C40H50NO20P/c1-22(42)41-33-36(55-26(5)46)34(60-40-38(57-28(7)48)37(56-27(6)47)35(54-25(4)45)32(59-40)21-51-24(3)44)31(20-50-23(2)43)58-39(33)61-62(49,52-18-29-14-10-8-11-15-29)53-19-30-16-12-9-13-17-30/h8-17,31-40H,18-21H2,1-7H3,(H,41,42)/t31-,32-,33-,34-,35-,36-,37+,38-,39-,40+/m1/s1. The quantitative estimate of drug-likeness (QED) is 0.121. The molecule has 2 aromatic carbocycles. The predicted molar refractivity (Wildman–Crippen MR) is 206 cm³/mol. The van der Waals surface area contributed by atoms with E-state index in [2.05, 4.69) is 5.32 Å². The summed E-state index contributed by atoms with van der Waals surface area (Å²) in [7, 11) is -4.75. The van der Waals surface area contributed by atoms with Gasteiger partial charge in [-0.2, -0.15) is 0 Å². The van der Waals surface area contributed by atoms with Gasteiger partial charge in [0.1, 0.15) is 37.6 Å². The molecule has 10 atom stereocenters. The lowest BCUT2D eigenvalue weighted by molar-refractivity contribution is -0.346. The molecule has 1 N–H and O–H groups in total. The monoisotopic (exact) mass is 895 g/mol. The van der Waals surface area contributed by atoms with E-state index >= 15 is 0 Å². The number of hydrogen-bond acceptors (Lipinski definition) is 20. The van der Waals surface area contributed by atoms with E-state index in [9.17, 15) is 38.1 Å². The van der Waals surface area contributed by atoms with Crippen LogP contribution in [0, 0.1) is 0 Å². The van der Waals surface area contributed by atoms with Gasteiger partial charge in [-0.1, -0.05) is 60.7 Å². The van der Waals surface area contributed by atoms with Gasteiger partial charge in [0, 0.05) is 48.5 Å². The molecule has 0 radical (unpaired) electrons. The summed E-state index contributed by atoms with van der Waals surface area (Å²) in [6, 6.07) is 15.6. The average Bonchev–Trinajstić information content (AvgIpc) is 3.19. The molecule has 0 spiro atoms. The molecule has 21 nitrogen and oxygen atoms in total. The molecule has 340 valence electrons. The molecular formula is C40H50NO20P. The lowest BCUT2D eigenvalue weighted by Gasteiger charge is -2.49. The molecular weight excluding hydrogens is 845 g/mol. The molecule has 0 saturated carbocycles. The second-order valence-electron chi connectivity index (χ2n) is 13.9. The number of nitrogens with one attached hydrogen (secondary N) is 1. The lowest BCUT2D eigenvalue weighted by atomic mass is 9.95. The van der Waals surface area contributed by atoms with Crippen molar-refractivity contribution in [3.05, 3.63) is 71.8 Å². The van der Waals surface area contributed by atoms with Gasteiger partial charge in [-0.15, -0.1) is 0 Å². The van der Waals surface area contributed by atoms with Crippen LogP contribution in [0.25, 0.3) is 0 Å². The van der Waals surface area contributed by atoms with Gasteiger partial charge in [-0.25, -0.2) is 4.57 Å². The molecule has 2 aliphatic heterocycles. The molecule has 2 saturated heterocycles. The first-order chi connectivity index (χ1) is 29.3. The maximum absolute atomic E-state index is 14.6. The Morgan fingerprint density at radius 2 is 0.952 bits per heavy atom. The van der Waals surface area contributed by atoms with E-state index in [-0.39, 0.29) is 13.2 Å². The van der Waals surface area contributed by atoms with E-state index in [0.717, 1.165) is 48.5 Å². The first-order valence-electron chi connectivity index (χ1n) is 19.2. The van der Waals surface area contributed by atoms with Crippen LogP contribution in [-0.4, -0.2) is 116 Å². The third kappa shape index (κ3) is 15.3. The Labute approximate surface area is 356 Å². The van der Waals surface area contributed by atoms with Crippen molar-refractivity contribution in [2.45, 2.75) is 123 Å². The van der Waals surface area contributed by atoms with Crippen LogP contribution in [0.2, 0.25) is 0 Å². The number of carbonyl (C=O) groups excluding carboxylic acids is 7. The second kappa shape index (κ2) is 23.2. The number of esters is 6. The van der Waals surface area contributed by atoms with Crippen LogP contribution in [-0.2, 0) is 108 Å². The van der Waals surface area contributed by atoms with E-state index in [4.69, 9.17) is 56.2 Å². The molecule has 2 aromatic rings. The number of phosphoric acid groups is 1. The number of amides is 1. The molecule has 0 bridgehead atoms. The highest BCUT2D eigenvalue weighted by atomic mass is 31.2. The van der Waals surface area contributed by atoms with Crippen molar-refractivity contribution in [2.75, 3.05) is 13.2 Å². The van der Waals surface area contributed by atoms with E-state index in [1.54, 1.807) is 60.7 Å². The highest BCUT2D eigenvalue weighted by Gasteiger charge is 2.58. The van der Waals surface area contributed by atoms with Crippen LogP contribution in [0.3, 0.4) is 0 Å². The topological polar surface area (TPSA) is 259 Å².